The molecule has 0 heterocycles. The Morgan fingerprint density at radius 2 is 0.929 bits per heavy atom. The molecule has 0 amide bonds. The van der Waals surface area contributed by atoms with E-state index in [1.54, 1.807) is 48.5 Å². The highest BCUT2D eigenvalue weighted by Crippen LogP contribution is 2.21. The molecule has 0 aromatic heterocycles. The molecule has 0 atom stereocenters. The highest BCUT2D eigenvalue weighted by atomic mass is 16.5. The standard InChI is InChI=1S/C22H18O6/c1-25-17-5-3-7-19(13-17)27-21(23)15-9-11-16(12-10-15)22(24)28-20-8-4-6-18(14-20)26-2/h3-14H,1-2H3. The minimum Gasteiger partial charge on any atom is -0.497 e. The second-order valence-electron chi connectivity index (χ2n) is 5.71. The third kappa shape index (κ3) is 4.67. The maximum atomic E-state index is 12.3. The Morgan fingerprint density at radius 1 is 0.571 bits per heavy atom. The van der Waals surface area contributed by atoms with Gasteiger partial charge < -0.3 is 18.9 Å². The van der Waals surface area contributed by atoms with E-state index < -0.39 is 11.9 Å². The molecule has 0 aliphatic heterocycles. The van der Waals surface area contributed by atoms with Gasteiger partial charge in [0.15, 0.2) is 0 Å². The summed E-state index contributed by atoms with van der Waals surface area (Å²) in [4.78, 5) is 24.5. The third-order valence-corrected chi connectivity index (χ3v) is 3.86. The number of esters is 2. The molecule has 0 fully saturated rings. The number of methoxy groups -OCH3 is 2. The average molecular weight is 378 g/mol. The summed E-state index contributed by atoms with van der Waals surface area (Å²) in [5.41, 5.74) is 0.613. The molecule has 0 spiro atoms. The summed E-state index contributed by atoms with van der Waals surface area (Å²) >= 11 is 0. The molecule has 0 saturated carbocycles. The van der Waals surface area contributed by atoms with Gasteiger partial charge in [-0.1, -0.05) is 12.1 Å². The van der Waals surface area contributed by atoms with E-state index in [9.17, 15) is 9.59 Å². The number of rotatable bonds is 6. The summed E-state index contributed by atoms with van der Waals surface area (Å²) in [6.45, 7) is 0. The fourth-order valence-corrected chi connectivity index (χ4v) is 2.40. The minimum atomic E-state index is -0.541. The molecule has 3 rings (SSSR count). The van der Waals surface area contributed by atoms with Crippen molar-refractivity contribution in [2.75, 3.05) is 14.2 Å². The van der Waals surface area contributed by atoms with Crippen LogP contribution < -0.4 is 18.9 Å². The lowest BCUT2D eigenvalue weighted by atomic mass is 10.1. The van der Waals surface area contributed by atoms with Crippen LogP contribution in [0.1, 0.15) is 20.7 Å². The molecule has 0 bridgehead atoms. The first-order valence-corrected chi connectivity index (χ1v) is 8.41. The number of carbonyl (C=O) groups excluding carboxylic acids is 2. The van der Waals surface area contributed by atoms with Gasteiger partial charge in [-0.25, -0.2) is 9.59 Å². The summed E-state index contributed by atoms with van der Waals surface area (Å²) in [5, 5.41) is 0. The van der Waals surface area contributed by atoms with E-state index in [0.717, 1.165) is 0 Å². The predicted octanol–water partition coefficient (Wildman–Crippen LogP) is 4.14. The van der Waals surface area contributed by atoms with Gasteiger partial charge in [0, 0.05) is 12.1 Å². The van der Waals surface area contributed by atoms with Gasteiger partial charge in [-0.15, -0.1) is 0 Å². The van der Waals surface area contributed by atoms with Crippen molar-refractivity contribution in [3.05, 3.63) is 83.9 Å². The molecule has 142 valence electrons. The van der Waals surface area contributed by atoms with E-state index in [-0.39, 0.29) is 0 Å². The molecule has 0 N–H and O–H groups in total. The van der Waals surface area contributed by atoms with E-state index in [4.69, 9.17) is 18.9 Å². The van der Waals surface area contributed by atoms with E-state index in [2.05, 4.69) is 0 Å². The first-order chi connectivity index (χ1) is 13.6. The van der Waals surface area contributed by atoms with E-state index >= 15 is 0 Å². The zero-order chi connectivity index (χ0) is 19.9. The largest absolute Gasteiger partial charge is 0.497 e. The molecule has 0 saturated heterocycles. The molecule has 0 aliphatic rings. The van der Waals surface area contributed by atoms with Crippen molar-refractivity contribution in [2.45, 2.75) is 0 Å². The molecule has 6 nitrogen and oxygen atoms in total. The SMILES string of the molecule is COc1cccc(OC(=O)c2ccc(C(=O)Oc3cccc(OC)c3)cc2)c1. The lowest BCUT2D eigenvalue weighted by Gasteiger charge is -2.08. The zero-order valence-corrected chi connectivity index (χ0v) is 15.4. The fraction of sp³-hybridized carbons (Fsp3) is 0.0909. The van der Waals surface area contributed by atoms with Crippen molar-refractivity contribution in [1.82, 2.24) is 0 Å². The smallest absolute Gasteiger partial charge is 0.343 e. The first kappa shape index (κ1) is 19.0. The van der Waals surface area contributed by atoms with Crippen molar-refractivity contribution >= 4 is 11.9 Å². The van der Waals surface area contributed by atoms with Crippen molar-refractivity contribution in [3.63, 3.8) is 0 Å². The number of carbonyl (C=O) groups is 2. The Labute approximate surface area is 162 Å². The summed E-state index contributed by atoms with van der Waals surface area (Å²) in [6, 6.07) is 19.5. The number of ether oxygens (including phenoxy) is 4. The fourth-order valence-electron chi connectivity index (χ4n) is 2.40. The summed E-state index contributed by atoms with van der Waals surface area (Å²) < 4.78 is 20.8. The summed E-state index contributed by atoms with van der Waals surface area (Å²) in [5.74, 6) is 0.820. The van der Waals surface area contributed by atoms with Crippen LogP contribution in [0.4, 0.5) is 0 Å². The third-order valence-electron chi connectivity index (χ3n) is 3.86. The molecule has 28 heavy (non-hydrogen) atoms. The Morgan fingerprint density at radius 3 is 1.29 bits per heavy atom. The second-order valence-corrected chi connectivity index (χ2v) is 5.71. The maximum absolute atomic E-state index is 12.3. The summed E-state index contributed by atoms with van der Waals surface area (Å²) in [7, 11) is 3.06. The van der Waals surface area contributed by atoms with E-state index in [1.807, 2.05) is 0 Å². The van der Waals surface area contributed by atoms with Gasteiger partial charge in [-0.2, -0.15) is 0 Å². The number of benzene rings is 3. The van der Waals surface area contributed by atoms with Crippen molar-refractivity contribution in [2.24, 2.45) is 0 Å². The second kappa shape index (κ2) is 8.73. The highest BCUT2D eigenvalue weighted by Gasteiger charge is 2.13. The van der Waals surface area contributed by atoms with Crippen LogP contribution in [-0.2, 0) is 0 Å². The van der Waals surface area contributed by atoms with Gasteiger partial charge in [-0.05, 0) is 48.5 Å². The van der Waals surface area contributed by atoms with E-state index in [1.165, 1.54) is 38.5 Å². The lowest BCUT2D eigenvalue weighted by molar-refractivity contribution is 0.0720. The van der Waals surface area contributed by atoms with Gasteiger partial charge >= 0.3 is 11.9 Å². The molecule has 0 radical (unpaired) electrons. The van der Waals surface area contributed by atoms with Crippen LogP contribution in [0.2, 0.25) is 0 Å². The number of hydrogen-bond donors (Lipinski definition) is 0. The molecule has 3 aromatic rings. The van der Waals surface area contributed by atoms with Crippen molar-refractivity contribution < 1.29 is 28.5 Å². The van der Waals surface area contributed by atoms with Crippen molar-refractivity contribution in [3.8, 4) is 23.0 Å². The minimum absolute atomic E-state index is 0.306. The van der Waals surface area contributed by atoms with Crippen LogP contribution in [0.15, 0.2) is 72.8 Å². The predicted molar refractivity (Wildman–Crippen MR) is 102 cm³/mol. The first-order valence-electron chi connectivity index (χ1n) is 8.41. The Kier molecular flexibility index (Phi) is 5.91. The topological polar surface area (TPSA) is 71.1 Å². The van der Waals surface area contributed by atoms with Crippen LogP contribution in [0.5, 0.6) is 23.0 Å². The Balaban J connectivity index is 1.66. The molecular formula is C22H18O6. The molecule has 0 unspecified atom stereocenters. The quantitative estimate of drug-likeness (QED) is 0.474. The van der Waals surface area contributed by atoms with Crippen LogP contribution in [0.25, 0.3) is 0 Å². The molecular weight excluding hydrogens is 360 g/mol. The lowest BCUT2D eigenvalue weighted by Crippen LogP contribution is -2.11. The van der Waals surface area contributed by atoms with E-state index in [0.29, 0.717) is 34.1 Å². The molecule has 3 aromatic carbocycles. The highest BCUT2D eigenvalue weighted by molar-refractivity contribution is 5.94. The Hall–Kier alpha value is -3.80. The van der Waals surface area contributed by atoms with Crippen LogP contribution in [-0.4, -0.2) is 26.2 Å². The van der Waals surface area contributed by atoms with Crippen LogP contribution in [0.3, 0.4) is 0 Å². The average Bonchev–Trinajstić information content (AvgIpc) is 2.74. The van der Waals surface area contributed by atoms with Crippen LogP contribution >= 0.6 is 0 Å². The summed E-state index contributed by atoms with van der Waals surface area (Å²) in [6.07, 6.45) is 0. The monoisotopic (exact) mass is 378 g/mol. The normalized spacial score (nSPS) is 10.1. The van der Waals surface area contributed by atoms with Gasteiger partial charge in [0.2, 0.25) is 0 Å². The molecule has 0 aliphatic carbocycles. The van der Waals surface area contributed by atoms with Crippen LogP contribution in [0, 0.1) is 0 Å². The molecule has 6 heteroatoms. The van der Waals surface area contributed by atoms with Gasteiger partial charge in [0.25, 0.3) is 0 Å². The zero-order valence-electron chi connectivity index (χ0n) is 15.4. The van der Waals surface area contributed by atoms with Gasteiger partial charge in [-0.3, -0.25) is 0 Å². The van der Waals surface area contributed by atoms with Gasteiger partial charge in [0.1, 0.15) is 23.0 Å². The number of hydrogen-bond acceptors (Lipinski definition) is 6. The van der Waals surface area contributed by atoms with Crippen molar-refractivity contribution in [1.29, 1.82) is 0 Å². The Bertz CT molecular complexity index is 898. The maximum Gasteiger partial charge on any atom is 0.343 e. The van der Waals surface area contributed by atoms with Gasteiger partial charge in [0.05, 0.1) is 25.3 Å².